The van der Waals surface area contributed by atoms with E-state index in [1.54, 1.807) is 42.3 Å². The molecule has 1 unspecified atom stereocenters. The molecule has 7 nitrogen and oxygen atoms in total. The fourth-order valence-electron chi connectivity index (χ4n) is 3.82. The molecule has 2 aromatic rings. The van der Waals surface area contributed by atoms with Crippen molar-refractivity contribution in [2.24, 2.45) is 0 Å². The zero-order valence-electron chi connectivity index (χ0n) is 17.4. The molecule has 1 aliphatic heterocycles. The molecule has 0 aliphatic carbocycles. The minimum Gasteiger partial charge on any atom is -0.474 e. The summed E-state index contributed by atoms with van der Waals surface area (Å²) in [5.74, 6) is -3.19. The number of likely N-dealkylation sites (tertiary alicyclic amines) is 1. The summed E-state index contributed by atoms with van der Waals surface area (Å²) in [5, 5.41) is 11.4. The van der Waals surface area contributed by atoms with Crippen molar-refractivity contribution in [3.63, 3.8) is 0 Å². The number of aliphatic carboxylic acids is 1. The number of carbonyl (C=O) groups is 3. The van der Waals surface area contributed by atoms with Gasteiger partial charge in [0, 0.05) is 13.6 Å². The van der Waals surface area contributed by atoms with Gasteiger partial charge in [-0.05, 0) is 37.1 Å². The summed E-state index contributed by atoms with van der Waals surface area (Å²) in [7, 11) is 1.71. The fourth-order valence-corrected chi connectivity index (χ4v) is 3.82. The van der Waals surface area contributed by atoms with Gasteiger partial charge in [0.15, 0.2) is 0 Å². The minimum absolute atomic E-state index is 0. The smallest absolute Gasteiger partial charge is 0.394 e. The number of hydrogen-bond donors (Lipinski definition) is 2. The molecule has 2 amide bonds. The zero-order chi connectivity index (χ0) is 21.5. The number of nitrogens with zero attached hydrogens (tertiary/aromatic N) is 2. The van der Waals surface area contributed by atoms with E-state index in [9.17, 15) is 14.4 Å². The number of carboxylic acids is 1. The number of hydrogen-bond acceptors (Lipinski definition) is 4. The summed E-state index contributed by atoms with van der Waals surface area (Å²) >= 11 is 0. The number of benzene rings is 2. The van der Waals surface area contributed by atoms with Gasteiger partial charge in [0.2, 0.25) is 5.91 Å². The van der Waals surface area contributed by atoms with Crippen LogP contribution in [0.2, 0.25) is 0 Å². The molecule has 0 aromatic heterocycles. The average molecular weight is 446 g/mol. The highest BCUT2D eigenvalue weighted by molar-refractivity contribution is 6.32. The molecule has 8 heteroatoms. The van der Waals surface area contributed by atoms with E-state index in [4.69, 9.17) is 5.11 Å². The molecule has 3 rings (SSSR count). The van der Waals surface area contributed by atoms with Crippen LogP contribution >= 0.6 is 12.4 Å². The zero-order valence-corrected chi connectivity index (χ0v) is 18.3. The molecule has 1 aliphatic rings. The first-order valence-electron chi connectivity index (χ1n) is 10.1. The highest BCUT2D eigenvalue weighted by Crippen LogP contribution is 2.26. The number of halogens is 1. The van der Waals surface area contributed by atoms with Crippen molar-refractivity contribution in [2.75, 3.05) is 26.7 Å². The van der Waals surface area contributed by atoms with E-state index in [1.165, 1.54) is 0 Å². The molecule has 1 fully saturated rings. The average Bonchev–Trinajstić information content (AvgIpc) is 3.29. The SMILES string of the molecule is CN(C(=O)C(NC(=O)C(=O)O)c1ccccc1)[C@H](CN1CCCC1)c1ccccc1.Cl. The van der Waals surface area contributed by atoms with Crippen LogP contribution in [0.4, 0.5) is 0 Å². The molecule has 1 heterocycles. The van der Waals surface area contributed by atoms with Gasteiger partial charge in [-0.25, -0.2) is 4.79 Å². The van der Waals surface area contributed by atoms with Crippen LogP contribution in [0.1, 0.15) is 36.1 Å². The van der Waals surface area contributed by atoms with E-state index >= 15 is 0 Å². The van der Waals surface area contributed by atoms with E-state index in [1.807, 2.05) is 30.3 Å². The molecule has 166 valence electrons. The molecule has 0 spiro atoms. The predicted octanol–water partition coefficient (Wildman–Crippen LogP) is 2.65. The van der Waals surface area contributed by atoms with Crippen molar-refractivity contribution in [3.05, 3.63) is 71.8 Å². The maximum absolute atomic E-state index is 13.5. The lowest BCUT2D eigenvalue weighted by molar-refractivity contribution is -0.151. The second kappa shape index (κ2) is 11.5. The van der Waals surface area contributed by atoms with Crippen molar-refractivity contribution in [3.8, 4) is 0 Å². The Labute approximate surface area is 188 Å². The summed E-state index contributed by atoms with van der Waals surface area (Å²) < 4.78 is 0. The van der Waals surface area contributed by atoms with Crippen molar-refractivity contribution < 1.29 is 19.5 Å². The largest absolute Gasteiger partial charge is 0.474 e. The standard InChI is InChI=1S/C23H27N3O4.ClH/c1-25(19(16-26-14-8-9-15-26)17-10-4-2-5-11-17)22(28)20(24-21(27)23(29)30)18-12-6-3-7-13-18;/h2-7,10-13,19-20H,8-9,14-16H2,1H3,(H,24,27)(H,29,30);1H/t19-,20?;/m1./s1. The van der Waals surface area contributed by atoms with E-state index in [0.29, 0.717) is 12.1 Å². The number of carboxylic acid groups (broad SMARTS) is 1. The van der Waals surface area contributed by atoms with E-state index in [-0.39, 0.29) is 24.4 Å². The molecule has 1 saturated heterocycles. The highest BCUT2D eigenvalue weighted by atomic mass is 35.5. The van der Waals surface area contributed by atoms with Crippen LogP contribution < -0.4 is 5.32 Å². The quantitative estimate of drug-likeness (QED) is 0.639. The number of rotatable bonds is 7. The number of carbonyl (C=O) groups excluding carboxylic acids is 2. The van der Waals surface area contributed by atoms with Crippen LogP contribution in [0.3, 0.4) is 0 Å². The summed E-state index contributed by atoms with van der Waals surface area (Å²) in [4.78, 5) is 40.4. The van der Waals surface area contributed by atoms with Crippen LogP contribution in [0.5, 0.6) is 0 Å². The van der Waals surface area contributed by atoms with Gasteiger partial charge in [-0.2, -0.15) is 0 Å². The lowest BCUT2D eigenvalue weighted by atomic mass is 10.0. The summed E-state index contributed by atoms with van der Waals surface area (Å²) in [6.45, 7) is 2.66. The summed E-state index contributed by atoms with van der Waals surface area (Å²) in [6.07, 6.45) is 2.28. The number of likely N-dealkylation sites (N-methyl/N-ethyl adjacent to an activating group) is 1. The first-order chi connectivity index (χ1) is 14.5. The van der Waals surface area contributed by atoms with E-state index in [0.717, 1.165) is 31.5 Å². The normalized spacial score (nSPS) is 15.4. The van der Waals surface area contributed by atoms with Gasteiger partial charge >= 0.3 is 11.9 Å². The molecular weight excluding hydrogens is 418 g/mol. The molecule has 0 saturated carbocycles. The second-order valence-corrected chi connectivity index (χ2v) is 7.51. The third-order valence-corrected chi connectivity index (χ3v) is 5.48. The lowest BCUT2D eigenvalue weighted by Gasteiger charge is -2.34. The van der Waals surface area contributed by atoms with Gasteiger partial charge < -0.3 is 20.2 Å². The molecule has 2 aromatic carbocycles. The Hall–Kier alpha value is -2.90. The van der Waals surface area contributed by atoms with Crippen molar-refractivity contribution in [1.29, 1.82) is 0 Å². The Morgan fingerprint density at radius 1 is 0.968 bits per heavy atom. The Kier molecular flexibility index (Phi) is 9.03. The Balaban J connectivity index is 0.00000341. The Bertz CT molecular complexity index is 873. The monoisotopic (exact) mass is 445 g/mol. The molecular formula is C23H28ClN3O4. The van der Waals surface area contributed by atoms with Gasteiger partial charge in [-0.1, -0.05) is 60.7 Å². The number of amides is 2. The van der Waals surface area contributed by atoms with E-state index < -0.39 is 17.9 Å². The summed E-state index contributed by atoms with van der Waals surface area (Å²) in [5.41, 5.74) is 1.54. The molecule has 0 radical (unpaired) electrons. The Morgan fingerprint density at radius 3 is 2.00 bits per heavy atom. The maximum atomic E-state index is 13.5. The first kappa shape index (κ1) is 24.4. The van der Waals surface area contributed by atoms with Gasteiger partial charge in [0.1, 0.15) is 6.04 Å². The highest BCUT2D eigenvalue weighted by Gasteiger charge is 2.32. The molecule has 2 atom stereocenters. The van der Waals surface area contributed by atoms with E-state index in [2.05, 4.69) is 10.2 Å². The topological polar surface area (TPSA) is 90.0 Å². The molecule has 2 N–H and O–H groups in total. The van der Waals surface area contributed by atoms with Crippen molar-refractivity contribution >= 4 is 30.2 Å². The minimum atomic E-state index is -1.62. The molecule has 31 heavy (non-hydrogen) atoms. The van der Waals surface area contributed by atoms with Gasteiger partial charge in [0.25, 0.3) is 0 Å². The third-order valence-electron chi connectivity index (χ3n) is 5.48. The number of nitrogens with one attached hydrogen (secondary N) is 1. The first-order valence-corrected chi connectivity index (χ1v) is 10.1. The van der Waals surface area contributed by atoms with Crippen LogP contribution in [-0.4, -0.2) is 59.4 Å². The van der Waals surface area contributed by atoms with Gasteiger partial charge in [-0.15, -0.1) is 12.4 Å². The Morgan fingerprint density at radius 2 is 1.48 bits per heavy atom. The summed E-state index contributed by atoms with van der Waals surface area (Å²) in [6, 6.07) is 17.2. The van der Waals surface area contributed by atoms with Crippen molar-refractivity contribution in [1.82, 2.24) is 15.1 Å². The fraction of sp³-hybridized carbons (Fsp3) is 0.348. The van der Waals surface area contributed by atoms with Gasteiger partial charge in [0.05, 0.1) is 6.04 Å². The second-order valence-electron chi connectivity index (χ2n) is 7.51. The van der Waals surface area contributed by atoms with Crippen molar-refractivity contribution in [2.45, 2.75) is 24.9 Å². The van der Waals surface area contributed by atoms with Crippen LogP contribution in [0, 0.1) is 0 Å². The van der Waals surface area contributed by atoms with Crippen LogP contribution in [0.15, 0.2) is 60.7 Å². The van der Waals surface area contributed by atoms with Crippen LogP contribution in [-0.2, 0) is 14.4 Å². The molecule has 0 bridgehead atoms. The maximum Gasteiger partial charge on any atom is 0.394 e. The predicted molar refractivity (Wildman–Crippen MR) is 120 cm³/mol. The van der Waals surface area contributed by atoms with Gasteiger partial charge in [-0.3, -0.25) is 9.59 Å². The lowest BCUT2D eigenvalue weighted by Crippen LogP contribution is -2.46. The van der Waals surface area contributed by atoms with Crippen LogP contribution in [0.25, 0.3) is 0 Å². The third kappa shape index (κ3) is 6.29.